The summed E-state index contributed by atoms with van der Waals surface area (Å²) in [6.07, 6.45) is 0.374. The third-order valence-corrected chi connectivity index (χ3v) is 3.20. The highest BCUT2D eigenvalue weighted by molar-refractivity contribution is 5.51. The molecule has 1 aliphatic rings. The molecule has 0 fully saturated rings. The molecule has 0 radical (unpaired) electrons. The van der Waals surface area contributed by atoms with Crippen molar-refractivity contribution in [3.8, 4) is 11.5 Å². The van der Waals surface area contributed by atoms with Gasteiger partial charge in [-0.3, -0.25) is 0 Å². The minimum atomic E-state index is -0.781. The van der Waals surface area contributed by atoms with Gasteiger partial charge < -0.3 is 20.6 Å². The Kier molecular flexibility index (Phi) is 3.49. The van der Waals surface area contributed by atoms with E-state index in [2.05, 4.69) is 5.32 Å². The largest absolute Gasteiger partial charge is 0.504 e. The lowest BCUT2D eigenvalue weighted by Crippen LogP contribution is -2.39. The second-order valence-corrected chi connectivity index (χ2v) is 4.23. The molecule has 0 unspecified atom stereocenters. The highest BCUT2D eigenvalue weighted by atomic mass is 19.1. The molecule has 4 nitrogen and oxygen atoms in total. The Balaban J connectivity index is 2.24. The first-order chi connectivity index (χ1) is 8.15. The fourth-order valence-corrected chi connectivity index (χ4v) is 2.31. The Morgan fingerprint density at radius 1 is 1.35 bits per heavy atom. The molecule has 1 aromatic rings. The summed E-state index contributed by atoms with van der Waals surface area (Å²) >= 11 is 0. The lowest BCUT2D eigenvalue weighted by molar-refractivity contribution is 0.113. The first-order valence-corrected chi connectivity index (χ1v) is 5.66. The van der Waals surface area contributed by atoms with Crippen LogP contribution in [0.2, 0.25) is 0 Å². The molecule has 94 valence electrons. The normalized spacial score (nSPS) is 23.4. The van der Waals surface area contributed by atoms with Crippen molar-refractivity contribution in [3.63, 3.8) is 0 Å². The van der Waals surface area contributed by atoms with E-state index in [1.165, 1.54) is 6.07 Å². The van der Waals surface area contributed by atoms with Gasteiger partial charge in [-0.2, -0.15) is 0 Å². The summed E-state index contributed by atoms with van der Waals surface area (Å²) < 4.78 is 12.1. The average Bonchev–Trinajstić information content (AvgIpc) is 2.33. The van der Waals surface area contributed by atoms with Crippen molar-refractivity contribution in [2.24, 2.45) is 0 Å². The number of phenols is 2. The summed E-state index contributed by atoms with van der Waals surface area (Å²) in [7, 11) is 0. The van der Waals surface area contributed by atoms with Gasteiger partial charge in [0.2, 0.25) is 0 Å². The van der Waals surface area contributed by atoms with Gasteiger partial charge in [0, 0.05) is 18.2 Å². The van der Waals surface area contributed by atoms with Crippen LogP contribution >= 0.6 is 0 Å². The number of nitrogens with one attached hydrogen (secondary N) is 1. The molecule has 1 aliphatic carbocycles. The van der Waals surface area contributed by atoms with Gasteiger partial charge in [0.25, 0.3) is 0 Å². The number of aliphatic hydroxyl groups excluding tert-OH is 1. The smallest absolute Gasteiger partial charge is 0.161 e. The van der Waals surface area contributed by atoms with Gasteiger partial charge in [0.1, 0.15) is 6.67 Å². The summed E-state index contributed by atoms with van der Waals surface area (Å²) in [5.74, 6) is -0.336. The molecule has 5 heteroatoms. The van der Waals surface area contributed by atoms with Crippen LogP contribution in [0.25, 0.3) is 0 Å². The molecule has 0 amide bonds. The topological polar surface area (TPSA) is 72.7 Å². The third-order valence-electron chi connectivity index (χ3n) is 3.20. The van der Waals surface area contributed by atoms with E-state index in [0.29, 0.717) is 24.0 Å². The van der Waals surface area contributed by atoms with E-state index in [4.69, 9.17) is 0 Å². The monoisotopic (exact) mass is 241 g/mol. The van der Waals surface area contributed by atoms with Crippen LogP contribution in [-0.4, -0.2) is 34.6 Å². The molecule has 0 saturated carbocycles. The lowest BCUT2D eigenvalue weighted by atomic mass is 9.85. The minimum Gasteiger partial charge on any atom is -0.504 e. The molecule has 0 heterocycles. The Hall–Kier alpha value is -1.33. The van der Waals surface area contributed by atoms with Gasteiger partial charge in [0.15, 0.2) is 11.5 Å². The maximum Gasteiger partial charge on any atom is 0.161 e. The summed E-state index contributed by atoms with van der Waals surface area (Å²) in [5, 5.41) is 32.1. The number of aromatic hydroxyl groups is 2. The number of rotatable bonds is 3. The number of halogens is 1. The van der Waals surface area contributed by atoms with Crippen LogP contribution in [0.15, 0.2) is 12.1 Å². The SMILES string of the molecule is Oc1ccc2c(c1O)CC[C@@H](NCCF)[C@@H]2O. The number of aliphatic hydroxyl groups is 1. The maximum absolute atomic E-state index is 12.1. The fraction of sp³-hybridized carbons (Fsp3) is 0.500. The van der Waals surface area contributed by atoms with Crippen molar-refractivity contribution in [2.45, 2.75) is 25.0 Å². The highest BCUT2D eigenvalue weighted by Gasteiger charge is 2.29. The first-order valence-electron chi connectivity index (χ1n) is 5.66. The van der Waals surface area contributed by atoms with E-state index >= 15 is 0 Å². The molecule has 0 spiro atoms. The van der Waals surface area contributed by atoms with Crippen molar-refractivity contribution in [3.05, 3.63) is 23.3 Å². The zero-order valence-corrected chi connectivity index (χ0v) is 9.36. The molecule has 0 saturated heterocycles. The number of hydrogen-bond acceptors (Lipinski definition) is 4. The van der Waals surface area contributed by atoms with Crippen molar-refractivity contribution in [2.75, 3.05) is 13.2 Å². The van der Waals surface area contributed by atoms with Gasteiger partial charge in [-0.25, -0.2) is 4.39 Å². The van der Waals surface area contributed by atoms with Crippen LogP contribution in [0.3, 0.4) is 0 Å². The Morgan fingerprint density at radius 3 is 2.82 bits per heavy atom. The van der Waals surface area contributed by atoms with Crippen molar-refractivity contribution in [1.82, 2.24) is 5.32 Å². The minimum absolute atomic E-state index is 0.162. The summed E-state index contributed by atoms with van der Waals surface area (Å²) in [6, 6.07) is 2.75. The van der Waals surface area contributed by atoms with Crippen molar-refractivity contribution >= 4 is 0 Å². The van der Waals surface area contributed by atoms with Gasteiger partial charge in [0.05, 0.1) is 6.10 Å². The van der Waals surface area contributed by atoms with Crippen LogP contribution in [0, 0.1) is 0 Å². The summed E-state index contributed by atoms with van der Waals surface area (Å²) in [4.78, 5) is 0. The van der Waals surface area contributed by atoms with Crippen molar-refractivity contribution < 1.29 is 19.7 Å². The Labute approximate surface area is 98.7 Å². The summed E-state index contributed by atoms with van der Waals surface area (Å²) in [5.41, 5.74) is 1.18. The zero-order chi connectivity index (χ0) is 12.4. The third kappa shape index (κ3) is 2.21. The molecule has 0 bridgehead atoms. The van der Waals surface area contributed by atoms with Crippen LogP contribution in [0.4, 0.5) is 4.39 Å². The second-order valence-electron chi connectivity index (χ2n) is 4.23. The standard InChI is InChI=1S/C12H16FNO3/c13-5-6-14-9-3-1-8-7(11(9)16)2-4-10(15)12(8)17/h2,4,9,11,14-17H,1,3,5-6H2/t9-,11-/m1/s1. The molecular formula is C12H16FNO3. The summed E-state index contributed by atoms with van der Waals surface area (Å²) in [6.45, 7) is -0.266. The Morgan fingerprint density at radius 2 is 2.12 bits per heavy atom. The van der Waals surface area contributed by atoms with Gasteiger partial charge in [-0.05, 0) is 24.5 Å². The van der Waals surface area contributed by atoms with Crippen LogP contribution in [-0.2, 0) is 6.42 Å². The van der Waals surface area contributed by atoms with Crippen molar-refractivity contribution in [1.29, 1.82) is 0 Å². The fourth-order valence-electron chi connectivity index (χ4n) is 2.31. The van der Waals surface area contributed by atoms with Gasteiger partial charge >= 0.3 is 0 Å². The number of benzene rings is 1. The van der Waals surface area contributed by atoms with Crippen LogP contribution in [0.5, 0.6) is 11.5 Å². The second kappa shape index (κ2) is 4.89. The predicted octanol–water partition coefficient (Wildman–Crippen LogP) is 1.01. The number of phenolic OH excluding ortho intramolecular Hbond substituents is 2. The van der Waals surface area contributed by atoms with E-state index in [9.17, 15) is 19.7 Å². The van der Waals surface area contributed by atoms with E-state index < -0.39 is 12.8 Å². The van der Waals surface area contributed by atoms with E-state index in [0.717, 1.165) is 0 Å². The van der Waals surface area contributed by atoms with E-state index in [1.807, 2.05) is 0 Å². The molecule has 0 aromatic heterocycles. The molecular weight excluding hydrogens is 225 g/mol. The number of hydrogen-bond donors (Lipinski definition) is 4. The van der Waals surface area contributed by atoms with Crippen LogP contribution in [0.1, 0.15) is 23.7 Å². The lowest BCUT2D eigenvalue weighted by Gasteiger charge is -2.31. The number of alkyl halides is 1. The molecule has 0 aliphatic heterocycles. The van der Waals surface area contributed by atoms with Gasteiger partial charge in [-0.15, -0.1) is 0 Å². The van der Waals surface area contributed by atoms with Gasteiger partial charge in [-0.1, -0.05) is 6.07 Å². The molecule has 17 heavy (non-hydrogen) atoms. The highest BCUT2D eigenvalue weighted by Crippen LogP contribution is 2.39. The quantitative estimate of drug-likeness (QED) is 0.596. The molecule has 2 atom stereocenters. The molecule has 2 rings (SSSR count). The van der Waals surface area contributed by atoms with E-state index in [1.54, 1.807) is 6.07 Å². The maximum atomic E-state index is 12.1. The first kappa shape index (κ1) is 12.1. The Bertz CT molecular complexity index is 411. The predicted molar refractivity (Wildman–Crippen MR) is 60.8 cm³/mol. The molecule has 4 N–H and O–H groups in total. The van der Waals surface area contributed by atoms with Crippen LogP contribution < -0.4 is 5.32 Å². The zero-order valence-electron chi connectivity index (χ0n) is 9.36. The number of fused-ring (bicyclic) bond motifs is 1. The average molecular weight is 241 g/mol. The molecule has 1 aromatic carbocycles. The van der Waals surface area contributed by atoms with E-state index in [-0.39, 0.29) is 24.1 Å².